The number of aromatic nitrogens is 1. The number of anilines is 1. The zero-order valence-electron chi connectivity index (χ0n) is 16.7. The van der Waals surface area contributed by atoms with E-state index in [4.69, 9.17) is 9.47 Å². The molecule has 1 aromatic heterocycles. The molecule has 28 heavy (non-hydrogen) atoms. The molecule has 0 spiro atoms. The summed E-state index contributed by atoms with van der Waals surface area (Å²) in [4.78, 5) is 28.6. The van der Waals surface area contributed by atoms with Crippen molar-refractivity contribution < 1.29 is 19.1 Å². The van der Waals surface area contributed by atoms with Crippen LogP contribution in [0.5, 0.6) is 5.75 Å². The number of hydrogen-bond acceptors (Lipinski definition) is 5. The number of amides is 1. The minimum absolute atomic E-state index is 0.0640. The topological polar surface area (TPSA) is 77.5 Å². The Morgan fingerprint density at radius 2 is 2.04 bits per heavy atom. The molecule has 1 aromatic carbocycles. The van der Waals surface area contributed by atoms with Crippen molar-refractivity contribution in [2.75, 3.05) is 19.0 Å². The van der Waals surface area contributed by atoms with Crippen molar-refractivity contribution in [1.82, 2.24) is 4.98 Å². The normalized spacial score (nSPS) is 18.3. The highest BCUT2D eigenvalue weighted by Gasteiger charge is 2.45. The number of ether oxygens (including phenoxy) is 2. The van der Waals surface area contributed by atoms with Crippen LogP contribution < -0.4 is 10.1 Å². The second-order valence-corrected chi connectivity index (χ2v) is 8.06. The van der Waals surface area contributed by atoms with Gasteiger partial charge in [-0.25, -0.2) is 0 Å². The number of benzene rings is 1. The van der Waals surface area contributed by atoms with Crippen molar-refractivity contribution in [3.63, 3.8) is 0 Å². The minimum atomic E-state index is -0.392. The molecule has 148 valence electrons. The Hall–Kier alpha value is -2.89. The molecule has 2 aromatic rings. The maximum atomic E-state index is 12.3. The van der Waals surface area contributed by atoms with Gasteiger partial charge in [-0.1, -0.05) is 32.9 Å². The molecule has 0 saturated heterocycles. The Kier molecular flexibility index (Phi) is 5.68. The summed E-state index contributed by atoms with van der Waals surface area (Å²) in [6, 6.07) is 9.48. The maximum absolute atomic E-state index is 12.3. The van der Waals surface area contributed by atoms with E-state index in [1.54, 1.807) is 19.5 Å². The first kappa shape index (κ1) is 19.9. The molecule has 1 aliphatic carbocycles. The number of carbonyl (C=O) groups is 2. The summed E-state index contributed by atoms with van der Waals surface area (Å²) in [6.45, 7) is 5.96. The van der Waals surface area contributed by atoms with E-state index < -0.39 is 5.91 Å². The van der Waals surface area contributed by atoms with Crippen LogP contribution >= 0.6 is 0 Å². The summed E-state index contributed by atoms with van der Waals surface area (Å²) in [5, 5.41) is 2.78. The molecule has 1 N–H and O–H groups in total. The highest BCUT2D eigenvalue weighted by atomic mass is 16.5. The van der Waals surface area contributed by atoms with Gasteiger partial charge in [0.25, 0.3) is 5.91 Å². The van der Waals surface area contributed by atoms with Gasteiger partial charge in [0.05, 0.1) is 18.7 Å². The average molecular weight is 382 g/mol. The Bertz CT molecular complexity index is 859. The Balaban J connectivity index is 1.55. The number of nitrogens with zero attached hydrogens (tertiary/aromatic N) is 1. The van der Waals surface area contributed by atoms with Crippen LogP contribution in [0.4, 0.5) is 5.69 Å². The first-order valence-corrected chi connectivity index (χ1v) is 9.34. The summed E-state index contributed by atoms with van der Waals surface area (Å²) in [6.07, 6.45) is 4.19. The van der Waals surface area contributed by atoms with Gasteiger partial charge < -0.3 is 14.8 Å². The molecule has 6 nitrogen and oxygen atoms in total. The second-order valence-electron chi connectivity index (χ2n) is 8.06. The van der Waals surface area contributed by atoms with E-state index in [1.807, 2.05) is 30.3 Å². The van der Waals surface area contributed by atoms with E-state index >= 15 is 0 Å². The molecule has 0 unspecified atom stereocenters. The van der Waals surface area contributed by atoms with Crippen molar-refractivity contribution in [3.05, 3.63) is 53.9 Å². The van der Waals surface area contributed by atoms with Crippen molar-refractivity contribution in [1.29, 1.82) is 0 Å². The molecular formula is C22H26N2O4. The molecule has 0 bridgehead atoms. The van der Waals surface area contributed by atoms with Crippen LogP contribution in [0.25, 0.3) is 0 Å². The van der Waals surface area contributed by atoms with E-state index in [1.165, 1.54) is 0 Å². The van der Waals surface area contributed by atoms with Gasteiger partial charge >= 0.3 is 5.97 Å². The van der Waals surface area contributed by atoms with Crippen molar-refractivity contribution >= 4 is 17.6 Å². The van der Waals surface area contributed by atoms with Gasteiger partial charge in [-0.3, -0.25) is 14.6 Å². The summed E-state index contributed by atoms with van der Waals surface area (Å²) >= 11 is 0. The Morgan fingerprint density at radius 3 is 2.68 bits per heavy atom. The number of carbonyl (C=O) groups excluding carboxylic acids is 2. The first-order valence-electron chi connectivity index (χ1n) is 9.34. The number of esters is 1. The predicted molar refractivity (Wildman–Crippen MR) is 106 cm³/mol. The summed E-state index contributed by atoms with van der Waals surface area (Å²) in [5.41, 5.74) is 2.59. The summed E-state index contributed by atoms with van der Waals surface area (Å²) < 4.78 is 10.5. The quantitative estimate of drug-likeness (QED) is 0.771. The summed E-state index contributed by atoms with van der Waals surface area (Å²) in [5.74, 6) is -0.245. The molecule has 1 saturated carbocycles. The number of hydrogen-bond donors (Lipinski definition) is 1. The minimum Gasteiger partial charge on any atom is -0.495 e. The largest absolute Gasteiger partial charge is 0.495 e. The highest BCUT2D eigenvalue weighted by molar-refractivity contribution is 5.94. The van der Waals surface area contributed by atoms with Crippen LogP contribution in [-0.4, -0.2) is 30.6 Å². The highest BCUT2D eigenvalue weighted by Crippen LogP contribution is 2.47. The van der Waals surface area contributed by atoms with Crippen LogP contribution in [0, 0.1) is 5.92 Å². The van der Waals surface area contributed by atoms with Crippen LogP contribution in [0.1, 0.15) is 44.2 Å². The fourth-order valence-corrected chi connectivity index (χ4v) is 3.12. The lowest BCUT2D eigenvalue weighted by molar-refractivity contribution is -0.148. The average Bonchev–Trinajstić information content (AvgIpc) is 3.47. The molecule has 0 aliphatic heterocycles. The molecule has 1 heterocycles. The van der Waals surface area contributed by atoms with Crippen molar-refractivity contribution in [2.45, 2.75) is 38.5 Å². The van der Waals surface area contributed by atoms with E-state index in [0.717, 1.165) is 17.5 Å². The van der Waals surface area contributed by atoms with Crippen LogP contribution in [0.15, 0.2) is 42.7 Å². The van der Waals surface area contributed by atoms with Crippen LogP contribution in [0.3, 0.4) is 0 Å². The monoisotopic (exact) mass is 382 g/mol. The van der Waals surface area contributed by atoms with Gasteiger partial charge in [-0.15, -0.1) is 0 Å². The fraction of sp³-hybridized carbons (Fsp3) is 0.409. The van der Waals surface area contributed by atoms with Gasteiger partial charge in [0.15, 0.2) is 6.61 Å². The smallest absolute Gasteiger partial charge is 0.310 e. The van der Waals surface area contributed by atoms with Crippen molar-refractivity contribution in [3.8, 4) is 5.75 Å². The standard InChI is InChI=1S/C22H26N2O4/c1-22(2,3)15-7-8-19(27-4)18(10-15)24-20(25)13-28-21(26)17-11-16(17)14-6-5-9-23-12-14/h5-10,12,16-17H,11,13H2,1-4H3,(H,24,25)/t16-,17+/m0/s1. The lowest BCUT2D eigenvalue weighted by Gasteiger charge is -2.21. The number of methoxy groups -OCH3 is 1. The third kappa shape index (κ3) is 4.68. The zero-order chi connectivity index (χ0) is 20.3. The van der Waals surface area contributed by atoms with E-state index in [-0.39, 0.29) is 29.8 Å². The molecule has 1 fully saturated rings. The molecule has 0 radical (unpaired) electrons. The lowest BCUT2D eigenvalue weighted by atomic mass is 9.87. The van der Waals surface area contributed by atoms with E-state index in [0.29, 0.717) is 11.4 Å². The number of rotatable bonds is 6. The first-order chi connectivity index (χ1) is 13.3. The molecule has 2 atom stereocenters. The van der Waals surface area contributed by atoms with Gasteiger partial charge in [0.1, 0.15) is 5.75 Å². The Morgan fingerprint density at radius 1 is 1.25 bits per heavy atom. The fourth-order valence-electron chi connectivity index (χ4n) is 3.12. The van der Waals surface area contributed by atoms with Crippen LogP contribution in [-0.2, 0) is 19.7 Å². The van der Waals surface area contributed by atoms with E-state index in [9.17, 15) is 9.59 Å². The number of nitrogens with one attached hydrogen (secondary N) is 1. The third-order valence-electron chi connectivity index (χ3n) is 4.89. The van der Waals surface area contributed by atoms with Gasteiger partial charge in [-0.2, -0.15) is 0 Å². The van der Waals surface area contributed by atoms with Crippen molar-refractivity contribution in [2.24, 2.45) is 5.92 Å². The predicted octanol–water partition coefficient (Wildman–Crippen LogP) is 3.67. The molecule has 1 amide bonds. The maximum Gasteiger partial charge on any atom is 0.310 e. The van der Waals surface area contributed by atoms with E-state index in [2.05, 4.69) is 31.1 Å². The third-order valence-corrected chi connectivity index (χ3v) is 4.89. The molecule has 1 aliphatic rings. The molecule has 3 rings (SSSR count). The van der Waals surface area contributed by atoms with Crippen LogP contribution in [0.2, 0.25) is 0 Å². The van der Waals surface area contributed by atoms with Gasteiger partial charge in [-0.05, 0) is 47.1 Å². The Labute approximate surface area is 165 Å². The molecule has 6 heteroatoms. The number of pyridine rings is 1. The van der Waals surface area contributed by atoms with Gasteiger partial charge in [0.2, 0.25) is 0 Å². The second kappa shape index (κ2) is 8.00. The lowest BCUT2D eigenvalue weighted by Crippen LogP contribution is -2.22. The van der Waals surface area contributed by atoms with Gasteiger partial charge in [0, 0.05) is 12.4 Å². The SMILES string of the molecule is COc1ccc(C(C)(C)C)cc1NC(=O)COC(=O)[C@@H]1C[C@H]1c1cccnc1. The molecular weight excluding hydrogens is 356 g/mol. The zero-order valence-corrected chi connectivity index (χ0v) is 16.7. The summed E-state index contributed by atoms with van der Waals surface area (Å²) in [7, 11) is 1.55.